The van der Waals surface area contributed by atoms with Crippen LogP contribution in [0.5, 0.6) is 5.75 Å². The maximum absolute atomic E-state index is 13.4. The summed E-state index contributed by atoms with van der Waals surface area (Å²) in [4.78, 5) is 18.4. The van der Waals surface area contributed by atoms with Gasteiger partial charge in [0.1, 0.15) is 34.0 Å². The summed E-state index contributed by atoms with van der Waals surface area (Å²) in [6, 6.07) is 10.3. The molecule has 5 atom stereocenters. The van der Waals surface area contributed by atoms with Gasteiger partial charge in [-0.05, 0) is 75.2 Å². The van der Waals surface area contributed by atoms with Crippen molar-refractivity contribution < 1.29 is 40.9 Å². The summed E-state index contributed by atoms with van der Waals surface area (Å²) in [5.74, 6) is -1.88. The SMILES string of the molecule is Cc1nc(N[C@H](C)c2ccc(OC(F)(F)F)cc2)nc(N[C@@H]2C[C@H](CS(=O)(=O)c3ccc(F)cc3)[C@@H](O)[C@H]2O)c1-c1nc2c(C)nccc2s1. The topological polar surface area (TPSA) is 159 Å². The number of sulfone groups is 1. The molecule has 1 aliphatic rings. The van der Waals surface area contributed by atoms with Gasteiger partial charge in [-0.25, -0.2) is 22.8 Å². The second-order valence-electron chi connectivity index (χ2n) is 12.1. The van der Waals surface area contributed by atoms with Gasteiger partial charge < -0.3 is 25.6 Å². The monoisotopic (exact) mass is 732 g/mol. The van der Waals surface area contributed by atoms with Crippen molar-refractivity contribution in [3.63, 3.8) is 0 Å². The Morgan fingerprint density at radius 2 is 1.68 bits per heavy atom. The first-order chi connectivity index (χ1) is 23.6. The zero-order valence-electron chi connectivity index (χ0n) is 26.8. The lowest BCUT2D eigenvalue weighted by Gasteiger charge is -2.22. The van der Waals surface area contributed by atoms with Gasteiger partial charge in [-0.1, -0.05) is 12.1 Å². The Labute approximate surface area is 288 Å². The molecule has 5 aromatic rings. The molecule has 11 nitrogen and oxygen atoms in total. The van der Waals surface area contributed by atoms with Crippen LogP contribution in [0.4, 0.5) is 29.3 Å². The van der Waals surface area contributed by atoms with E-state index >= 15 is 0 Å². The zero-order valence-corrected chi connectivity index (χ0v) is 28.4. The summed E-state index contributed by atoms with van der Waals surface area (Å²) in [7, 11) is -3.93. The number of aliphatic hydroxyl groups excluding tert-OH is 2. The summed E-state index contributed by atoms with van der Waals surface area (Å²) in [5, 5.41) is 29.0. The van der Waals surface area contributed by atoms with E-state index in [1.54, 1.807) is 20.0 Å². The first-order valence-corrected chi connectivity index (χ1v) is 17.9. The molecule has 0 unspecified atom stereocenters. The molecule has 0 bridgehead atoms. The number of halogens is 4. The number of pyridine rings is 1. The summed E-state index contributed by atoms with van der Waals surface area (Å²) in [6.45, 7) is 5.35. The second-order valence-corrected chi connectivity index (χ2v) is 15.1. The van der Waals surface area contributed by atoms with Crippen LogP contribution in [0.15, 0.2) is 65.7 Å². The van der Waals surface area contributed by atoms with Crippen LogP contribution in [-0.4, -0.2) is 68.9 Å². The number of aliphatic hydroxyl groups is 2. The molecule has 1 aliphatic carbocycles. The minimum Gasteiger partial charge on any atom is -0.406 e. The summed E-state index contributed by atoms with van der Waals surface area (Å²) < 4.78 is 82.4. The predicted octanol–water partition coefficient (Wildman–Crippen LogP) is 5.97. The molecule has 0 spiro atoms. The smallest absolute Gasteiger partial charge is 0.406 e. The van der Waals surface area contributed by atoms with E-state index in [2.05, 4.69) is 25.3 Å². The number of aromatic nitrogens is 4. The van der Waals surface area contributed by atoms with Gasteiger partial charge in [-0.3, -0.25) is 4.98 Å². The maximum atomic E-state index is 13.4. The number of aryl methyl sites for hydroxylation is 2. The van der Waals surface area contributed by atoms with E-state index in [0.717, 1.165) is 34.7 Å². The van der Waals surface area contributed by atoms with E-state index in [-0.39, 0.29) is 28.8 Å². The Bertz CT molecular complexity index is 2110. The van der Waals surface area contributed by atoms with Crippen molar-refractivity contribution in [2.24, 2.45) is 5.92 Å². The third-order valence-electron chi connectivity index (χ3n) is 8.48. The number of benzene rings is 2. The molecule has 4 N–H and O–H groups in total. The van der Waals surface area contributed by atoms with Gasteiger partial charge >= 0.3 is 6.36 Å². The lowest BCUT2D eigenvalue weighted by molar-refractivity contribution is -0.274. The van der Waals surface area contributed by atoms with Crippen molar-refractivity contribution in [2.45, 2.75) is 62.7 Å². The van der Waals surface area contributed by atoms with Crippen molar-refractivity contribution in [3.8, 4) is 16.3 Å². The fourth-order valence-corrected chi connectivity index (χ4v) is 8.70. The van der Waals surface area contributed by atoms with Crippen LogP contribution in [0.3, 0.4) is 0 Å². The van der Waals surface area contributed by atoms with E-state index < -0.39 is 58.0 Å². The largest absolute Gasteiger partial charge is 0.573 e. The average Bonchev–Trinajstić information content (AvgIpc) is 3.58. The molecule has 50 heavy (non-hydrogen) atoms. The van der Waals surface area contributed by atoms with Crippen molar-refractivity contribution in [3.05, 3.63) is 83.6 Å². The van der Waals surface area contributed by atoms with E-state index in [0.29, 0.717) is 27.3 Å². The van der Waals surface area contributed by atoms with Crippen LogP contribution in [0, 0.1) is 25.6 Å². The molecule has 6 rings (SSSR count). The average molecular weight is 733 g/mol. The normalized spacial score (nSPS) is 20.2. The van der Waals surface area contributed by atoms with Crippen LogP contribution in [0.25, 0.3) is 20.8 Å². The minimum absolute atomic E-state index is 0.0552. The lowest BCUT2D eigenvalue weighted by Crippen LogP contribution is -2.36. The molecule has 0 amide bonds. The van der Waals surface area contributed by atoms with Crippen LogP contribution in [-0.2, 0) is 9.84 Å². The molecular weight excluding hydrogens is 701 g/mol. The number of alkyl halides is 3. The van der Waals surface area contributed by atoms with Gasteiger partial charge in [0.25, 0.3) is 0 Å². The van der Waals surface area contributed by atoms with Gasteiger partial charge in [-0.2, -0.15) is 4.98 Å². The second kappa shape index (κ2) is 13.7. The lowest BCUT2D eigenvalue weighted by atomic mass is 10.1. The third-order valence-corrected chi connectivity index (χ3v) is 11.4. The number of hydrogen-bond acceptors (Lipinski definition) is 12. The molecule has 0 aliphatic heterocycles. The molecule has 264 valence electrons. The molecule has 0 saturated heterocycles. The van der Waals surface area contributed by atoms with Crippen molar-refractivity contribution in [2.75, 3.05) is 16.4 Å². The molecule has 3 aromatic heterocycles. The first kappa shape index (κ1) is 35.4. The highest BCUT2D eigenvalue weighted by Crippen LogP contribution is 2.39. The summed E-state index contributed by atoms with van der Waals surface area (Å²) in [5.41, 5.74) is 3.04. The van der Waals surface area contributed by atoms with Gasteiger partial charge in [0.15, 0.2) is 9.84 Å². The number of rotatable bonds is 10. The highest BCUT2D eigenvalue weighted by molar-refractivity contribution is 7.91. The quantitative estimate of drug-likeness (QED) is 0.0990. The predicted molar refractivity (Wildman–Crippen MR) is 179 cm³/mol. The van der Waals surface area contributed by atoms with Gasteiger partial charge in [-0.15, -0.1) is 24.5 Å². The van der Waals surface area contributed by atoms with Crippen LogP contribution >= 0.6 is 11.3 Å². The number of hydrogen-bond donors (Lipinski definition) is 4. The standard InChI is InChI=1S/C33H32F4N6O5S2/c1-16(19-4-8-22(9-5-19)48-33(35,36)37)39-32-40-17(2)26(31-42-27-18(3)38-13-12-25(27)49-31)30(43-32)41-24-14-20(28(44)29(24)45)15-50(46,47)23-10-6-21(34)7-11-23/h4-13,16,20,24,28-29,44-45H,14-15H2,1-3H3,(H2,39,40,41,43)/t16-,20-,24-,28-,29+/m1/s1. The van der Waals surface area contributed by atoms with Crippen LogP contribution in [0.1, 0.15) is 36.3 Å². The van der Waals surface area contributed by atoms with Gasteiger partial charge in [0.05, 0.1) is 50.5 Å². The van der Waals surface area contributed by atoms with Crippen molar-refractivity contribution >= 4 is 43.2 Å². The third kappa shape index (κ3) is 7.65. The molecule has 1 fully saturated rings. The molecule has 17 heteroatoms. The Kier molecular flexibility index (Phi) is 9.69. The number of anilines is 2. The fourth-order valence-electron chi connectivity index (χ4n) is 5.95. The highest BCUT2D eigenvalue weighted by atomic mass is 32.2. The highest BCUT2D eigenvalue weighted by Gasteiger charge is 2.44. The number of nitrogens with zero attached hydrogens (tertiary/aromatic N) is 4. The molecule has 2 aromatic carbocycles. The molecular formula is C33H32F4N6O5S2. The number of thiazole rings is 1. The summed E-state index contributed by atoms with van der Waals surface area (Å²) in [6.07, 6.45) is -5.86. The van der Waals surface area contributed by atoms with Crippen LogP contribution < -0.4 is 15.4 Å². The minimum atomic E-state index is -4.82. The van der Waals surface area contributed by atoms with Crippen molar-refractivity contribution in [1.82, 2.24) is 19.9 Å². The Hall–Kier alpha value is -4.45. The van der Waals surface area contributed by atoms with E-state index in [1.807, 2.05) is 13.0 Å². The summed E-state index contributed by atoms with van der Waals surface area (Å²) >= 11 is 1.38. The molecule has 3 heterocycles. The van der Waals surface area contributed by atoms with E-state index in [9.17, 15) is 36.2 Å². The first-order valence-electron chi connectivity index (χ1n) is 15.4. The van der Waals surface area contributed by atoms with Crippen molar-refractivity contribution in [1.29, 1.82) is 0 Å². The number of ether oxygens (including phenoxy) is 1. The zero-order chi connectivity index (χ0) is 36.0. The maximum Gasteiger partial charge on any atom is 0.573 e. The van der Waals surface area contributed by atoms with E-state index in [4.69, 9.17) is 9.97 Å². The number of fused-ring (bicyclic) bond motifs is 1. The van der Waals surface area contributed by atoms with Crippen LogP contribution in [0.2, 0.25) is 0 Å². The molecule has 1 saturated carbocycles. The van der Waals surface area contributed by atoms with Gasteiger partial charge in [0, 0.05) is 12.1 Å². The van der Waals surface area contributed by atoms with E-state index in [1.165, 1.54) is 35.6 Å². The fraction of sp³-hybridized carbons (Fsp3) is 0.333. The number of nitrogens with one attached hydrogen (secondary N) is 2. The Morgan fingerprint density at radius 3 is 2.34 bits per heavy atom. The van der Waals surface area contributed by atoms with Gasteiger partial charge in [0.2, 0.25) is 5.95 Å². The Morgan fingerprint density at radius 1 is 0.980 bits per heavy atom. The molecule has 0 radical (unpaired) electrons. The Balaban J connectivity index is 1.30.